The molecule has 2 aromatic rings. The fourth-order valence-electron chi connectivity index (χ4n) is 0.881. The van der Waals surface area contributed by atoms with E-state index >= 15 is 0 Å². The smallest absolute Gasteiger partial charge is 0.591 e. The normalized spacial score (nSPS) is 9.55. The summed E-state index contributed by atoms with van der Waals surface area (Å²) in [5, 5.41) is 0.750. The predicted octanol–water partition coefficient (Wildman–Crippen LogP) is -0.624. The Bertz CT molecular complexity index is 356. The molecule has 0 unspecified atom stereocenters. The molecule has 50 valence electrons. The average molecular weight is 142 g/mol. The first kappa shape index (κ1) is 8.38. The van der Waals surface area contributed by atoms with Crippen LogP contribution in [0.4, 0.5) is 4.39 Å². The minimum absolute atomic E-state index is 0. The summed E-state index contributed by atoms with van der Waals surface area (Å²) in [7, 11) is 0. The molecule has 1 nitrogen and oxygen atoms in total. The van der Waals surface area contributed by atoms with Crippen molar-refractivity contribution in [1.82, 2.24) is 0 Å². The fourth-order valence-corrected chi connectivity index (χ4v) is 0.881. The van der Waals surface area contributed by atoms with Crippen LogP contribution in [0, 0.1) is 12.1 Å². The quantitative estimate of drug-likeness (QED) is 0.353. The van der Waals surface area contributed by atoms with Gasteiger partial charge in [0, 0.05) is 0 Å². The van der Waals surface area contributed by atoms with Crippen molar-refractivity contribution in [3.63, 3.8) is 0 Å². The maximum absolute atomic E-state index is 12.5. The van der Waals surface area contributed by atoms with Gasteiger partial charge in [-0.3, -0.25) is 0 Å². The number of furan rings is 1. The number of hydrogen-bond donors (Lipinski definition) is 0. The topological polar surface area (TPSA) is 13.1 Å². The van der Waals surface area contributed by atoms with E-state index in [9.17, 15) is 4.39 Å². The van der Waals surface area contributed by atoms with Gasteiger partial charge in [0.25, 0.3) is 0 Å². The number of rotatable bonds is 0. The van der Waals surface area contributed by atoms with Crippen LogP contribution in [0.25, 0.3) is 11.0 Å². The van der Waals surface area contributed by atoms with E-state index in [-0.39, 0.29) is 24.7 Å². The van der Waals surface area contributed by atoms with Crippen LogP contribution in [0.1, 0.15) is 0 Å². The first-order chi connectivity index (χ1) is 4.86. The molecule has 1 aromatic heterocycles. The van der Waals surface area contributed by atoms with E-state index in [4.69, 9.17) is 4.42 Å². The maximum Gasteiger partial charge on any atom is 1.00 e. The molecule has 0 saturated carbocycles. The van der Waals surface area contributed by atoms with Gasteiger partial charge in [0.05, 0.1) is 0 Å². The van der Waals surface area contributed by atoms with Crippen LogP contribution in [0.3, 0.4) is 0 Å². The molecule has 0 N–H and O–H groups in total. The van der Waals surface area contributed by atoms with Gasteiger partial charge in [-0.15, -0.1) is 11.5 Å². The molecular formula is C8H4FLiO. The summed E-state index contributed by atoms with van der Waals surface area (Å²) in [6.45, 7) is 0. The standard InChI is InChI=1S/C8H4FO.Li/c9-7-1-2-8-6(5-7)3-4-10-8;/h1-3,5H;/q-1;+1. The van der Waals surface area contributed by atoms with Gasteiger partial charge < -0.3 is 4.42 Å². The molecular weight excluding hydrogens is 138 g/mol. The van der Waals surface area contributed by atoms with Crippen LogP contribution in [0.15, 0.2) is 28.7 Å². The Morgan fingerprint density at radius 3 is 3.00 bits per heavy atom. The summed E-state index contributed by atoms with van der Waals surface area (Å²) in [6, 6.07) is 5.97. The van der Waals surface area contributed by atoms with Gasteiger partial charge in [-0.25, -0.2) is 4.39 Å². The van der Waals surface area contributed by atoms with E-state index < -0.39 is 0 Å². The zero-order chi connectivity index (χ0) is 6.97. The van der Waals surface area contributed by atoms with Gasteiger partial charge in [0.15, 0.2) is 0 Å². The first-order valence-electron chi connectivity index (χ1n) is 2.91. The zero-order valence-corrected chi connectivity index (χ0v) is 6.10. The third-order valence-corrected chi connectivity index (χ3v) is 1.36. The summed E-state index contributed by atoms with van der Waals surface area (Å²) in [5.74, 6) is -0.248. The van der Waals surface area contributed by atoms with Gasteiger partial charge in [0.1, 0.15) is 5.82 Å². The molecule has 0 aliphatic heterocycles. The number of halogens is 1. The van der Waals surface area contributed by atoms with E-state index in [1.54, 1.807) is 12.1 Å². The maximum atomic E-state index is 12.5. The molecule has 0 saturated heterocycles. The molecule has 0 spiro atoms. The van der Waals surface area contributed by atoms with Crippen molar-refractivity contribution in [2.24, 2.45) is 0 Å². The zero-order valence-electron chi connectivity index (χ0n) is 6.10. The number of benzene rings is 1. The third kappa shape index (κ3) is 1.47. The van der Waals surface area contributed by atoms with Crippen molar-refractivity contribution in [1.29, 1.82) is 0 Å². The average Bonchev–Trinajstić information content (AvgIpc) is 2.33. The van der Waals surface area contributed by atoms with Crippen molar-refractivity contribution in [2.75, 3.05) is 0 Å². The molecule has 0 atom stereocenters. The number of fused-ring (bicyclic) bond motifs is 1. The summed E-state index contributed by atoms with van der Waals surface area (Å²) in [4.78, 5) is 0. The van der Waals surface area contributed by atoms with Crippen LogP contribution in [-0.4, -0.2) is 0 Å². The SMILES string of the molecule is Fc1ccc2o[c-]cc2c1.[Li+]. The van der Waals surface area contributed by atoms with Crippen molar-refractivity contribution >= 4 is 11.0 Å². The Balaban J connectivity index is 0.000000605. The van der Waals surface area contributed by atoms with E-state index in [0.29, 0.717) is 5.58 Å². The molecule has 2 rings (SSSR count). The second-order valence-electron chi connectivity index (χ2n) is 2.05. The van der Waals surface area contributed by atoms with Gasteiger partial charge in [-0.2, -0.15) is 0 Å². The minimum Gasteiger partial charge on any atom is -0.591 e. The summed E-state index contributed by atoms with van der Waals surface area (Å²) in [6.07, 6.45) is 2.52. The van der Waals surface area contributed by atoms with Crippen molar-refractivity contribution in [3.05, 3.63) is 36.3 Å². The first-order valence-corrected chi connectivity index (χ1v) is 2.91. The van der Waals surface area contributed by atoms with Crippen LogP contribution in [-0.2, 0) is 0 Å². The Labute approximate surface area is 75.4 Å². The Morgan fingerprint density at radius 1 is 1.36 bits per heavy atom. The van der Waals surface area contributed by atoms with Gasteiger partial charge in [0.2, 0.25) is 0 Å². The Morgan fingerprint density at radius 2 is 2.18 bits per heavy atom. The van der Waals surface area contributed by atoms with E-state index in [0.717, 1.165) is 5.39 Å². The van der Waals surface area contributed by atoms with Crippen molar-refractivity contribution < 1.29 is 27.7 Å². The molecule has 0 aliphatic rings. The Kier molecular flexibility index (Phi) is 2.38. The molecule has 3 heteroatoms. The molecule has 1 heterocycles. The molecule has 0 bridgehead atoms. The molecule has 0 aliphatic carbocycles. The van der Waals surface area contributed by atoms with Crippen LogP contribution >= 0.6 is 0 Å². The van der Waals surface area contributed by atoms with Crippen molar-refractivity contribution in [3.8, 4) is 0 Å². The largest absolute Gasteiger partial charge is 1.00 e. The van der Waals surface area contributed by atoms with Crippen LogP contribution < -0.4 is 18.9 Å². The minimum atomic E-state index is -0.248. The van der Waals surface area contributed by atoms with E-state index in [1.807, 2.05) is 0 Å². The molecule has 1 aromatic carbocycles. The molecule has 0 amide bonds. The fraction of sp³-hybridized carbons (Fsp3) is 0. The Hall–Kier alpha value is -0.713. The summed E-state index contributed by atoms with van der Waals surface area (Å²) in [5.41, 5.74) is 0.668. The summed E-state index contributed by atoms with van der Waals surface area (Å²) < 4.78 is 17.3. The molecule has 11 heavy (non-hydrogen) atoms. The monoisotopic (exact) mass is 142 g/mol. The molecule has 0 fully saturated rings. The third-order valence-electron chi connectivity index (χ3n) is 1.36. The predicted molar refractivity (Wildman–Crippen MR) is 35.0 cm³/mol. The van der Waals surface area contributed by atoms with Crippen LogP contribution in [0.2, 0.25) is 0 Å². The number of hydrogen-bond acceptors (Lipinski definition) is 1. The van der Waals surface area contributed by atoms with Gasteiger partial charge in [-0.1, -0.05) is 12.1 Å². The van der Waals surface area contributed by atoms with Gasteiger partial charge >= 0.3 is 18.9 Å². The summed E-state index contributed by atoms with van der Waals surface area (Å²) >= 11 is 0. The van der Waals surface area contributed by atoms with Crippen LogP contribution in [0.5, 0.6) is 0 Å². The van der Waals surface area contributed by atoms with E-state index in [2.05, 4.69) is 6.26 Å². The van der Waals surface area contributed by atoms with Gasteiger partial charge in [-0.05, 0) is 17.9 Å². The molecule has 0 radical (unpaired) electrons. The second-order valence-corrected chi connectivity index (χ2v) is 2.05. The second kappa shape index (κ2) is 3.12. The van der Waals surface area contributed by atoms with Crippen molar-refractivity contribution in [2.45, 2.75) is 0 Å². The van der Waals surface area contributed by atoms with E-state index in [1.165, 1.54) is 12.1 Å².